The number of aryl methyl sites for hydroxylation is 3. The van der Waals surface area contributed by atoms with E-state index in [1.165, 1.54) is 0 Å². The minimum Gasteiger partial charge on any atom is -0.331 e. The largest absolute Gasteiger partial charge is 0.331 e. The highest BCUT2D eigenvalue weighted by molar-refractivity contribution is 5.99. The van der Waals surface area contributed by atoms with Crippen LogP contribution in [0.4, 0.5) is 0 Å². The number of hydrogen-bond acceptors (Lipinski definition) is 4. The molecule has 0 aliphatic heterocycles. The number of aromatic nitrogens is 2. The van der Waals surface area contributed by atoms with Gasteiger partial charge in [0.05, 0.1) is 17.5 Å². The Morgan fingerprint density at radius 1 is 0.966 bits per heavy atom. The minimum atomic E-state index is -0.415. The van der Waals surface area contributed by atoms with E-state index in [-0.39, 0.29) is 31.0 Å². The van der Waals surface area contributed by atoms with Crippen LogP contribution in [0.2, 0.25) is 0 Å². The highest BCUT2D eigenvalue weighted by atomic mass is 16.2. The summed E-state index contributed by atoms with van der Waals surface area (Å²) in [5.74, 6) is -0.282. The van der Waals surface area contributed by atoms with Gasteiger partial charge in [-0.15, -0.1) is 0 Å². The predicted octanol–water partition coefficient (Wildman–Crippen LogP) is 2.54. The molecule has 0 aliphatic carbocycles. The van der Waals surface area contributed by atoms with E-state index in [1.807, 2.05) is 67.9 Å². The van der Waals surface area contributed by atoms with Crippen LogP contribution < -0.4 is 10.9 Å². The van der Waals surface area contributed by atoms with Gasteiger partial charge in [-0.2, -0.15) is 0 Å². The lowest BCUT2D eigenvalue weighted by molar-refractivity contribution is -0.128. The first kappa shape index (κ1) is 20.3. The molecule has 0 spiro atoms. The van der Waals surface area contributed by atoms with Gasteiger partial charge in [0, 0.05) is 25.5 Å². The maximum absolute atomic E-state index is 12.3. The second-order valence-corrected chi connectivity index (χ2v) is 7.09. The molecule has 3 aromatic rings. The maximum atomic E-state index is 12.3. The van der Waals surface area contributed by atoms with Gasteiger partial charge in [0.2, 0.25) is 11.8 Å². The number of benzene rings is 2. The minimum absolute atomic E-state index is 0.00120. The Balaban J connectivity index is 1.48. The molecular weight excluding hydrogens is 368 g/mol. The highest BCUT2D eigenvalue weighted by Crippen LogP contribution is 2.15. The Morgan fingerprint density at radius 2 is 1.69 bits per heavy atom. The fraction of sp³-hybridized carbons (Fsp3) is 0.273. The molecule has 0 unspecified atom stereocenters. The molecule has 0 radical (unpaired) electrons. The first-order valence-corrected chi connectivity index (χ1v) is 9.43. The predicted molar refractivity (Wildman–Crippen MR) is 110 cm³/mol. The highest BCUT2D eigenvalue weighted by Gasteiger charge is 2.14. The second-order valence-electron chi connectivity index (χ2n) is 7.09. The molecule has 0 aliphatic rings. The number of hydrogen-bond donors (Lipinski definition) is 2. The SMILES string of the molecule is Cc1ccc(C)c(C(=O)CCC(=O)NNC(=O)Cc2nc3ccccc3n2C)c1. The van der Waals surface area contributed by atoms with E-state index in [1.54, 1.807) is 0 Å². The number of carbonyl (C=O) groups is 3. The van der Waals surface area contributed by atoms with Gasteiger partial charge in [-0.05, 0) is 37.6 Å². The van der Waals surface area contributed by atoms with E-state index in [2.05, 4.69) is 15.8 Å². The van der Waals surface area contributed by atoms with Crippen LogP contribution in [0.5, 0.6) is 0 Å². The van der Waals surface area contributed by atoms with Crippen molar-refractivity contribution in [3.8, 4) is 0 Å². The third-order valence-corrected chi connectivity index (χ3v) is 4.81. The van der Waals surface area contributed by atoms with Crippen molar-refractivity contribution in [1.29, 1.82) is 0 Å². The van der Waals surface area contributed by atoms with Crippen LogP contribution in [0, 0.1) is 13.8 Å². The summed E-state index contributed by atoms with van der Waals surface area (Å²) in [6.45, 7) is 3.79. The van der Waals surface area contributed by atoms with Gasteiger partial charge in [0.15, 0.2) is 5.78 Å². The molecule has 150 valence electrons. The molecule has 0 bridgehead atoms. The molecule has 0 saturated heterocycles. The molecule has 0 saturated carbocycles. The van der Waals surface area contributed by atoms with Crippen LogP contribution in [0.15, 0.2) is 42.5 Å². The third-order valence-electron chi connectivity index (χ3n) is 4.81. The number of carbonyl (C=O) groups excluding carboxylic acids is 3. The van der Waals surface area contributed by atoms with Crippen molar-refractivity contribution in [3.63, 3.8) is 0 Å². The van der Waals surface area contributed by atoms with Crippen LogP contribution in [-0.2, 0) is 23.1 Å². The van der Waals surface area contributed by atoms with Crippen LogP contribution >= 0.6 is 0 Å². The number of hydrazine groups is 1. The maximum Gasteiger partial charge on any atom is 0.245 e. The fourth-order valence-electron chi connectivity index (χ4n) is 3.14. The normalized spacial score (nSPS) is 10.7. The average Bonchev–Trinajstić information content (AvgIpc) is 3.02. The monoisotopic (exact) mass is 392 g/mol. The van der Waals surface area contributed by atoms with E-state index in [0.717, 1.165) is 22.2 Å². The number of imidazole rings is 1. The zero-order valence-corrected chi connectivity index (χ0v) is 16.8. The smallest absolute Gasteiger partial charge is 0.245 e. The summed E-state index contributed by atoms with van der Waals surface area (Å²) >= 11 is 0. The number of ketones is 1. The van der Waals surface area contributed by atoms with Crippen molar-refractivity contribution in [2.24, 2.45) is 7.05 Å². The third kappa shape index (κ3) is 4.87. The Bertz CT molecular complexity index is 1080. The van der Waals surface area contributed by atoms with E-state index in [9.17, 15) is 14.4 Å². The number of Topliss-reactive ketones (excluding diaryl/α,β-unsaturated/α-hetero) is 1. The number of fused-ring (bicyclic) bond motifs is 1. The van der Waals surface area contributed by atoms with Crippen LogP contribution in [0.25, 0.3) is 11.0 Å². The molecule has 2 N–H and O–H groups in total. The van der Waals surface area contributed by atoms with E-state index >= 15 is 0 Å². The Hall–Kier alpha value is -3.48. The molecule has 0 atom stereocenters. The van der Waals surface area contributed by atoms with Crippen molar-refractivity contribution < 1.29 is 14.4 Å². The standard InChI is InChI=1S/C22H24N4O3/c1-14-8-9-15(2)16(12-14)19(27)10-11-21(28)24-25-22(29)13-20-23-17-6-4-5-7-18(17)26(20)3/h4-9,12H,10-11,13H2,1-3H3,(H,24,28)(H,25,29). The zero-order chi connectivity index (χ0) is 21.0. The molecule has 7 heteroatoms. The van der Waals surface area contributed by atoms with Gasteiger partial charge in [0.25, 0.3) is 0 Å². The summed E-state index contributed by atoms with van der Waals surface area (Å²) in [4.78, 5) is 40.9. The van der Waals surface area contributed by atoms with Gasteiger partial charge in [-0.3, -0.25) is 25.2 Å². The average molecular weight is 392 g/mol. The van der Waals surface area contributed by atoms with Gasteiger partial charge < -0.3 is 4.57 Å². The molecule has 7 nitrogen and oxygen atoms in total. The summed E-state index contributed by atoms with van der Waals surface area (Å²) in [7, 11) is 1.84. The van der Waals surface area contributed by atoms with Crippen molar-refractivity contribution in [2.75, 3.05) is 0 Å². The zero-order valence-electron chi connectivity index (χ0n) is 16.8. The lowest BCUT2D eigenvalue weighted by Crippen LogP contribution is -2.42. The second kappa shape index (κ2) is 8.68. The van der Waals surface area contributed by atoms with Crippen molar-refractivity contribution in [1.82, 2.24) is 20.4 Å². The number of nitrogens with one attached hydrogen (secondary N) is 2. The summed E-state index contributed by atoms with van der Waals surface area (Å²) in [5, 5.41) is 0. The number of para-hydroxylation sites is 2. The van der Waals surface area contributed by atoms with Crippen LogP contribution in [-0.4, -0.2) is 27.1 Å². The lowest BCUT2D eigenvalue weighted by atomic mass is 9.99. The first-order valence-electron chi connectivity index (χ1n) is 9.43. The lowest BCUT2D eigenvalue weighted by Gasteiger charge is -2.08. The molecule has 2 aromatic carbocycles. The van der Waals surface area contributed by atoms with Gasteiger partial charge >= 0.3 is 0 Å². The van der Waals surface area contributed by atoms with E-state index in [4.69, 9.17) is 0 Å². The summed E-state index contributed by atoms with van der Waals surface area (Å²) in [6, 6.07) is 13.3. The van der Waals surface area contributed by atoms with Crippen molar-refractivity contribution >= 4 is 28.6 Å². The molecule has 29 heavy (non-hydrogen) atoms. The first-order chi connectivity index (χ1) is 13.8. The van der Waals surface area contributed by atoms with Crippen molar-refractivity contribution in [3.05, 3.63) is 65.0 Å². The Morgan fingerprint density at radius 3 is 2.45 bits per heavy atom. The summed E-state index contributed by atoms with van der Waals surface area (Å²) in [5.41, 5.74) is 9.00. The van der Waals surface area contributed by atoms with Gasteiger partial charge in [-0.1, -0.05) is 29.8 Å². The molecule has 1 heterocycles. The molecular formula is C22H24N4O3. The quantitative estimate of drug-likeness (QED) is 0.498. The van der Waals surface area contributed by atoms with Gasteiger partial charge in [0.1, 0.15) is 5.82 Å². The summed E-state index contributed by atoms with van der Waals surface area (Å²) < 4.78 is 1.85. The fourth-order valence-corrected chi connectivity index (χ4v) is 3.14. The number of amides is 2. The van der Waals surface area contributed by atoms with Crippen LogP contribution in [0.1, 0.15) is 40.2 Å². The van der Waals surface area contributed by atoms with Crippen molar-refractivity contribution in [2.45, 2.75) is 33.1 Å². The molecule has 2 amide bonds. The Labute approximate surface area is 169 Å². The number of nitrogens with zero attached hydrogens (tertiary/aromatic N) is 2. The molecule has 0 fully saturated rings. The molecule has 3 rings (SSSR count). The topological polar surface area (TPSA) is 93.1 Å². The van der Waals surface area contributed by atoms with Gasteiger partial charge in [-0.25, -0.2) is 4.98 Å². The summed E-state index contributed by atoms with van der Waals surface area (Å²) in [6.07, 6.45) is 0.114. The van der Waals surface area contributed by atoms with E-state index in [0.29, 0.717) is 11.4 Å². The molecule has 1 aromatic heterocycles. The Kier molecular flexibility index (Phi) is 6.07. The van der Waals surface area contributed by atoms with Crippen LogP contribution in [0.3, 0.4) is 0 Å². The van der Waals surface area contributed by atoms with E-state index < -0.39 is 5.91 Å². The number of rotatable bonds is 6.